The highest BCUT2D eigenvalue weighted by Gasteiger charge is 2.47. The van der Waals surface area contributed by atoms with Crippen molar-refractivity contribution in [2.75, 3.05) is 0 Å². The van der Waals surface area contributed by atoms with E-state index in [9.17, 15) is 13.2 Å². The number of hydrogen-bond donors (Lipinski definition) is 3. The van der Waals surface area contributed by atoms with Gasteiger partial charge in [-0.2, -0.15) is 12.8 Å². The van der Waals surface area contributed by atoms with Crippen molar-refractivity contribution in [2.24, 2.45) is 22.1 Å². The van der Waals surface area contributed by atoms with Crippen molar-refractivity contribution in [3.63, 3.8) is 0 Å². The predicted molar refractivity (Wildman–Crippen MR) is 105 cm³/mol. The van der Waals surface area contributed by atoms with Crippen LogP contribution in [0, 0.1) is 17.8 Å². The van der Waals surface area contributed by atoms with E-state index in [4.69, 9.17) is 10.3 Å². The molecule has 0 radical (unpaired) electrons. The van der Waals surface area contributed by atoms with Gasteiger partial charge in [0.05, 0.1) is 6.04 Å². The minimum absolute atomic E-state index is 0.0353. The number of carbonyl (C=O) groups is 1. The van der Waals surface area contributed by atoms with Gasteiger partial charge in [-0.1, -0.05) is 30.4 Å². The van der Waals surface area contributed by atoms with Gasteiger partial charge in [-0.05, 0) is 68.4 Å². The number of allylic oxidation sites excluding steroid dienone is 2. The normalized spacial score (nSPS) is 25.2. The lowest BCUT2D eigenvalue weighted by atomic mass is 9.83. The van der Waals surface area contributed by atoms with E-state index in [0.29, 0.717) is 36.3 Å². The first kappa shape index (κ1) is 22.1. The number of para-hydroxylation sites is 1. The number of hydrogen-bond acceptors (Lipinski definition) is 6. The average molecular weight is 409 g/mol. The van der Waals surface area contributed by atoms with Gasteiger partial charge >= 0.3 is 10.5 Å². The van der Waals surface area contributed by atoms with Crippen LogP contribution in [0.1, 0.15) is 44.9 Å². The van der Waals surface area contributed by atoms with E-state index < -0.39 is 10.5 Å². The number of benzene rings is 1. The van der Waals surface area contributed by atoms with Crippen molar-refractivity contribution in [1.82, 2.24) is 5.48 Å². The fourth-order valence-electron chi connectivity index (χ4n) is 4.21. The summed E-state index contributed by atoms with van der Waals surface area (Å²) in [7, 11) is -2.31. The van der Waals surface area contributed by atoms with E-state index in [0.717, 1.165) is 25.7 Å². The Balaban J connectivity index is 0.000000336. The van der Waals surface area contributed by atoms with Crippen LogP contribution in [-0.2, 0) is 15.3 Å². The number of phenols is 1. The first-order valence-corrected chi connectivity index (χ1v) is 10.7. The molecule has 0 aliphatic heterocycles. The number of carbonyl (C=O) groups excluding carboxylic acids is 1. The monoisotopic (exact) mass is 408 g/mol. The Hall–Kier alpha value is -2.19. The molecule has 0 spiro atoms. The van der Waals surface area contributed by atoms with Crippen LogP contribution >= 0.6 is 0 Å². The van der Waals surface area contributed by atoms with E-state index in [2.05, 4.69) is 10.4 Å². The Morgan fingerprint density at radius 2 is 1.89 bits per heavy atom. The number of fused-ring (bicyclic) bond motifs is 2. The van der Waals surface area contributed by atoms with Crippen LogP contribution in [0.4, 0.5) is 0 Å². The number of rotatable bonds is 7. The number of hydroxylamine groups is 1. The SMILES string of the molecule is O=C(CCCC=CCC1C2CCC(C2)C1N=S(=O)=O)NO.Oc1ccccc1. The molecule has 1 aromatic carbocycles. The highest BCUT2D eigenvalue weighted by Crippen LogP contribution is 2.51. The number of amides is 1. The lowest BCUT2D eigenvalue weighted by Crippen LogP contribution is -2.25. The third kappa shape index (κ3) is 7.09. The molecule has 7 nitrogen and oxygen atoms in total. The molecule has 0 aromatic heterocycles. The average Bonchev–Trinajstić information content (AvgIpc) is 3.27. The Bertz CT molecular complexity index is 771. The maximum absolute atomic E-state index is 10.8. The summed E-state index contributed by atoms with van der Waals surface area (Å²) in [6.07, 6.45) is 10.2. The van der Waals surface area contributed by atoms with Gasteiger partial charge in [-0.15, -0.1) is 0 Å². The first-order chi connectivity index (χ1) is 13.5. The highest BCUT2D eigenvalue weighted by molar-refractivity contribution is 7.61. The van der Waals surface area contributed by atoms with Gasteiger partial charge < -0.3 is 5.11 Å². The van der Waals surface area contributed by atoms with E-state index in [-0.39, 0.29) is 11.9 Å². The minimum Gasteiger partial charge on any atom is -0.508 e. The third-order valence-corrected chi connectivity index (χ3v) is 5.89. The highest BCUT2D eigenvalue weighted by atomic mass is 32.2. The molecule has 2 bridgehead atoms. The van der Waals surface area contributed by atoms with E-state index in [1.54, 1.807) is 29.7 Å². The number of nitrogens with zero attached hydrogens (tertiary/aromatic N) is 1. The molecular formula is C20H28N2O5S. The van der Waals surface area contributed by atoms with Gasteiger partial charge in [0.1, 0.15) is 5.75 Å². The second kappa shape index (κ2) is 11.6. The van der Waals surface area contributed by atoms with Crippen molar-refractivity contribution in [3.8, 4) is 5.75 Å². The number of nitrogens with one attached hydrogen (secondary N) is 1. The molecule has 4 atom stereocenters. The van der Waals surface area contributed by atoms with E-state index in [1.807, 2.05) is 12.1 Å². The van der Waals surface area contributed by atoms with Gasteiger partial charge in [0.25, 0.3) is 0 Å². The topological polar surface area (TPSA) is 116 Å². The summed E-state index contributed by atoms with van der Waals surface area (Å²) in [4.78, 5) is 10.8. The zero-order valence-corrected chi connectivity index (χ0v) is 16.6. The van der Waals surface area contributed by atoms with Crippen LogP contribution in [0.2, 0.25) is 0 Å². The van der Waals surface area contributed by atoms with Gasteiger partial charge in [0.2, 0.25) is 5.91 Å². The zero-order valence-electron chi connectivity index (χ0n) is 15.8. The largest absolute Gasteiger partial charge is 0.508 e. The van der Waals surface area contributed by atoms with Crippen molar-refractivity contribution < 1.29 is 23.5 Å². The lowest BCUT2D eigenvalue weighted by Gasteiger charge is -2.25. The van der Waals surface area contributed by atoms with Crippen LogP contribution in [-0.4, -0.2) is 30.7 Å². The second-order valence-electron chi connectivity index (χ2n) is 7.28. The van der Waals surface area contributed by atoms with Crippen LogP contribution in [0.5, 0.6) is 5.75 Å². The second-order valence-corrected chi connectivity index (χ2v) is 7.93. The molecule has 0 saturated heterocycles. The molecule has 4 unspecified atom stereocenters. The Morgan fingerprint density at radius 3 is 2.50 bits per heavy atom. The maximum Gasteiger partial charge on any atom is 0.311 e. The van der Waals surface area contributed by atoms with Gasteiger partial charge in [-0.25, -0.2) is 5.48 Å². The Kier molecular flexibility index (Phi) is 9.16. The van der Waals surface area contributed by atoms with Crippen molar-refractivity contribution in [1.29, 1.82) is 0 Å². The summed E-state index contributed by atoms with van der Waals surface area (Å²) in [6, 6.07) is 8.68. The van der Waals surface area contributed by atoms with Gasteiger partial charge in [-0.3, -0.25) is 10.0 Å². The molecule has 154 valence electrons. The van der Waals surface area contributed by atoms with Crippen LogP contribution < -0.4 is 5.48 Å². The summed E-state index contributed by atoms with van der Waals surface area (Å²) in [5, 5.41) is 17.0. The zero-order chi connectivity index (χ0) is 20.4. The van der Waals surface area contributed by atoms with Crippen LogP contribution in [0.25, 0.3) is 0 Å². The molecule has 1 amide bonds. The molecule has 2 aliphatic rings. The molecule has 2 saturated carbocycles. The van der Waals surface area contributed by atoms with Gasteiger partial charge in [0.15, 0.2) is 0 Å². The smallest absolute Gasteiger partial charge is 0.311 e. The van der Waals surface area contributed by atoms with Crippen molar-refractivity contribution in [2.45, 2.75) is 51.0 Å². The molecule has 3 N–H and O–H groups in total. The number of phenolic OH excluding ortho intramolecular Hbond substituents is 1. The van der Waals surface area contributed by atoms with E-state index >= 15 is 0 Å². The van der Waals surface area contributed by atoms with Gasteiger partial charge in [0, 0.05) is 6.42 Å². The maximum atomic E-state index is 10.8. The number of unbranched alkanes of at least 4 members (excludes halogenated alkanes) is 1. The van der Waals surface area contributed by atoms with E-state index in [1.165, 1.54) is 6.42 Å². The summed E-state index contributed by atoms with van der Waals surface area (Å²) >= 11 is 0. The minimum atomic E-state index is -2.31. The molecule has 2 fully saturated rings. The molecular weight excluding hydrogens is 380 g/mol. The molecule has 1 aromatic rings. The standard InChI is InChI=1S/C14H22N2O4S.C6H6O/c17-13(15-18)6-4-2-1-3-5-12-10-7-8-11(9-10)14(12)16-21(19)20;7-6-4-2-1-3-5-6/h1,3,10-12,14,18H,2,4-9H2,(H,15,17);1-5,7H. The molecule has 3 rings (SSSR count). The fraction of sp³-hybridized carbons (Fsp3) is 0.550. The molecule has 2 aliphatic carbocycles. The summed E-state index contributed by atoms with van der Waals surface area (Å²) < 4.78 is 25.6. The quantitative estimate of drug-likeness (QED) is 0.276. The number of aromatic hydroxyl groups is 1. The van der Waals surface area contributed by atoms with Crippen molar-refractivity contribution in [3.05, 3.63) is 42.5 Å². The van der Waals surface area contributed by atoms with Crippen LogP contribution in [0.15, 0.2) is 46.8 Å². The summed E-state index contributed by atoms with van der Waals surface area (Å²) in [5.41, 5.74) is 1.61. The Morgan fingerprint density at radius 1 is 1.18 bits per heavy atom. The molecule has 0 heterocycles. The molecule has 8 heteroatoms. The van der Waals surface area contributed by atoms with Crippen molar-refractivity contribution >= 4 is 16.4 Å². The summed E-state index contributed by atoms with van der Waals surface area (Å²) in [6.45, 7) is 0. The molecule has 28 heavy (non-hydrogen) atoms. The summed E-state index contributed by atoms with van der Waals surface area (Å²) in [5.74, 6) is 1.35. The first-order valence-electron chi connectivity index (χ1n) is 9.63. The predicted octanol–water partition coefficient (Wildman–Crippen LogP) is 3.48. The Labute approximate surface area is 167 Å². The third-order valence-electron chi connectivity index (χ3n) is 5.48. The fourth-order valence-corrected chi connectivity index (χ4v) is 4.74. The lowest BCUT2D eigenvalue weighted by molar-refractivity contribution is -0.129. The van der Waals surface area contributed by atoms with Crippen LogP contribution in [0.3, 0.4) is 0 Å².